The van der Waals surface area contributed by atoms with Crippen molar-refractivity contribution in [3.8, 4) is 28.4 Å². The minimum atomic E-state index is -3.18. The molecule has 10 heteroatoms. The first-order valence-electron chi connectivity index (χ1n) is 12.8. The molecule has 38 heavy (non-hydrogen) atoms. The van der Waals surface area contributed by atoms with E-state index in [0.717, 1.165) is 25.0 Å². The molecule has 3 aromatic rings. The summed E-state index contributed by atoms with van der Waals surface area (Å²) in [5.41, 5.74) is 1.39. The van der Waals surface area contributed by atoms with Gasteiger partial charge in [0, 0.05) is 36.5 Å². The number of halogens is 3. The zero-order valence-corrected chi connectivity index (χ0v) is 21.3. The van der Waals surface area contributed by atoms with Crippen molar-refractivity contribution in [1.29, 1.82) is 0 Å². The largest absolute Gasteiger partial charge is 0.496 e. The molecule has 1 saturated carbocycles. The maximum absolute atomic E-state index is 13.3. The van der Waals surface area contributed by atoms with Gasteiger partial charge in [0.15, 0.2) is 0 Å². The van der Waals surface area contributed by atoms with Crippen molar-refractivity contribution in [2.24, 2.45) is 5.92 Å². The molecule has 0 spiro atoms. The van der Waals surface area contributed by atoms with Gasteiger partial charge in [-0.25, -0.2) is 4.39 Å². The summed E-state index contributed by atoms with van der Waals surface area (Å²) in [6.07, 6.45) is 3.01. The Morgan fingerprint density at radius 2 is 2.03 bits per heavy atom. The van der Waals surface area contributed by atoms with Crippen LogP contribution in [0.25, 0.3) is 22.1 Å². The van der Waals surface area contributed by atoms with E-state index >= 15 is 0 Å². The van der Waals surface area contributed by atoms with E-state index in [-0.39, 0.29) is 23.5 Å². The molecular weight excluding hydrogens is 501 g/mol. The summed E-state index contributed by atoms with van der Waals surface area (Å²) in [5, 5.41) is 3.21. The second kappa shape index (κ2) is 11.1. The molecule has 0 radical (unpaired) electrons. The van der Waals surface area contributed by atoms with Gasteiger partial charge >= 0.3 is 6.61 Å². The summed E-state index contributed by atoms with van der Waals surface area (Å²) >= 11 is 0. The lowest BCUT2D eigenvalue weighted by Gasteiger charge is -2.30. The summed E-state index contributed by atoms with van der Waals surface area (Å²) < 4.78 is 61.6. The highest BCUT2D eigenvalue weighted by Crippen LogP contribution is 2.40. The number of amides is 1. The summed E-state index contributed by atoms with van der Waals surface area (Å²) in [6.45, 7) is 2.68. The number of carbonyl (C=O) groups excluding carboxylic acids is 1. The van der Waals surface area contributed by atoms with E-state index < -0.39 is 24.7 Å². The van der Waals surface area contributed by atoms with Gasteiger partial charge in [-0.1, -0.05) is 6.92 Å². The number of alkyl halides is 3. The molecule has 1 N–H and O–H groups in total. The number of nitrogens with zero attached hydrogens (tertiary/aromatic N) is 1. The number of furan rings is 1. The number of hydrogen-bond donors (Lipinski definition) is 1. The van der Waals surface area contributed by atoms with Crippen molar-refractivity contribution in [2.75, 3.05) is 33.4 Å². The molecule has 5 rings (SSSR count). The third-order valence-corrected chi connectivity index (χ3v) is 7.03. The van der Waals surface area contributed by atoms with Crippen LogP contribution in [0.2, 0.25) is 0 Å². The number of fused-ring (bicyclic) bond motifs is 1. The molecule has 1 aliphatic heterocycles. The van der Waals surface area contributed by atoms with Crippen molar-refractivity contribution < 1.29 is 36.6 Å². The minimum Gasteiger partial charge on any atom is -0.496 e. The summed E-state index contributed by atoms with van der Waals surface area (Å²) in [7, 11) is 1.32. The van der Waals surface area contributed by atoms with Gasteiger partial charge in [0.1, 0.15) is 41.2 Å². The van der Waals surface area contributed by atoms with Gasteiger partial charge in [0.05, 0.1) is 19.4 Å². The molecule has 1 saturated heterocycles. The fraction of sp³-hybridized carbons (Fsp3) is 0.464. The van der Waals surface area contributed by atoms with E-state index in [4.69, 9.17) is 13.9 Å². The first-order valence-corrected chi connectivity index (χ1v) is 12.8. The van der Waals surface area contributed by atoms with Gasteiger partial charge in [-0.3, -0.25) is 9.69 Å². The van der Waals surface area contributed by atoms with Crippen molar-refractivity contribution in [1.82, 2.24) is 10.2 Å². The second-order valence-electron chi connectivity index (χ2n) is 9.97. The number of carbonyl (C=O) groups is 1. The van der Waals surface area contributed by atoms with Crippen molar-refractivity contribution in [3.05, 3.63) is 42.2 Å². The van der Waals surface area contributed by atoms with E-state index in [1.54, 1.807) is 12.1 Å². The molecule has 2 aromatic carbocycles. The zero-order valence-electron chi connectivity index (χ0n) is 21.3. The Hall–Kier alpha value is -3.40. The smallest absolute Gasteiger partial charge is 0.387 e. The molecule has 1 aliphatic carbocycles. The number of likely N-dealkylation sites (tertiary alicyclic amines) is 1. The van der Waals surface area contributed by atoms with Gasteiger partial charge in [0.2, 0.25) is 0 Å². The summed E-state index contributed by atoms with van der Waals surface area (Å²) in [6, 6.07) is 7.68. The first-order chi connectivity index (χ1) is 18.3. The van der Waals surface area contributed by atoms with Crippen LogP contribution in [0.3, 0.4) is 0 Å². The maximum atomic E-state index is 13.3. The molecule has 0 bridgehead atoms. The lowest BCUT2D eigenvalue weighted by molar-refractivity contribution is -0.0502. The fourth-order valence-corrected chi connectivity index (χ4v) is 4.98. The average molecular weight is 533 g/mol. The Morgan fingerprint density at radius 1 is 1.24 bits per heavy atom. The van der Waals surface area contributed by atoms with Gasteiger partial charge < -0.3 is 23.9 Å². The van der Waals surface area contributed by atoms with E-state index in [2.05, 4.69) is 21.9 Å². The SMILES string of the molecule is COc1cc(-c2coc3cc(OCCN4CCC[C@@H](C)C4)ccc23)cc(OC(F)F)c1C(=O)N[C@@H]1C[C@@H]1F. The normalized spacial score (nSPS) is 21.5. The Morgan fingerprint density at radius 3 is 2.74 bits per heavy atom. The highest BCUT2D eigenvalue weighted by atomic mass is 19.3. The zero-order chi connectivity index (χ0) is 26.8. The molecule has 2 heterocycles. The third kappa shape index (κ3) is 5.85. The van der Waals surface area contributed by atoms with Crippen molar-refractivity contribution >= 4 is 16.9 Å². The standard InChI is InChI=1S/C28H31F3N2O5/c1-16-4-3-7-33(14-16)8-9-36-18-5-6-19-20(15-37-23(19)12-18)17-10-24(35-2)26(25(11-17)38-28(30)31)27(34)32-22-13-21(22)29/h5-6,10-12,15-16,21-22,28H,3-4,7-9,13-14H2,1-2H3,(H,32,34)/t16-,21+,22-/m1/s1. The van der Waals surface area contributed by atoms with Crippen LogP contribution in [0.5, 0.6) is 17.2 Å². The van der Waals surface area contributed by atoms with E-state index in [0.29, 0.717) is 35.0 Å². The Labute approximate surface area is 218 Å². The van der Waals surface area contributed by atoms with Crippen LogP contribution in [-0.2, 0) is 0 Å². The molecule has 1 amide bonds. The highest BCUT2D eigenvalue weighted by molar-refractivity contribution is 6.02. The van der Waals surface area contributed by atoms with Crippen LogP contribution < -0.4 is 19.5 Å². The molecular formula is C28H31F3N2O5. The quantitative estimate of drug-likeness (QED) is 0.363. The fourth-order valence-electron chi connectivity index (χ4n) is 4.98. The van der Waals surface area contributed by atoms with Gasteiger partial charge in [0.25, 0.3) is 5.91 Å². The topological polar surface area (TPSA) is 73.2 Å². The molecule has 1 aromatic heterocycles. The number of benzene rings is 2. The number of hydrogen-bond acceptors (Lipinski definition) is 6. The molecule has 0 unspecified atom stereocenters. The van der Waals surface area contributed by atoms with Crippen LogP contribution in [0, 0.1) is 5.92 Å². The van der Waals surface area contributed by atoms with E-state index in [1.165, 1.54) is 32.3 Å². The summed E-state index contributed by atoms with van der Waals surface area (Å²) in [5.74, 6) is 0.279. The van der Waals surface area contributed by atoms with Gasteiger partial charge in [-0.15, -0.1) is 0 Å². The predicted octanol–water partition coefficient (Wildman–Crippen LogP) is 5.66. The van der Waals surface area contributed by atoms with Crippen LogP contribution in [0.15, 0.2) is 41.0 Å². The van der Waals surface area contributed by atoms with Crippen LogP contribution >= 0.6 is 0 Å². The van der Waals surface area contributed by atoms with Crippen LogP contribution in [0.4, 0.5) is 13.2 Å². The number of piperidine rings is 1. The van der Waals surface area contributed by atoms with Crippen LogP contribution in [-0.4, -0.2) is 63.0 Å². The Bertz CT molecular complexity index is 1300. The van der Waals surface area contributed by atoms with Crippen molar-refractivity contribution in [2.45, 2.75) is 45.0 Å². The van der Waals surface area contributed by atoms with Crippen molar-refractivity contribution in [3.63, 3.8) is 0 Å². The number of nitrogens with one attached hydrogen (secondary N) is 1. The van der Waals surface area contributed by atoms with Gasteiger partial charge in [-0.2, -0.15) is 8.78 Å². The molecule has 2 aliphatic rings. The van der Waals surface area contributed by atoms with E-state index in [9.17, 15) is 18.0 Å². The molecule has 3 atom stereocenters. The predicted molar refractivity (Wildman–Crippen MR) is 136 cm³/mol. The third-order valence-electron chi connectivity index (χ3n) is 7.03. The monoisotopic (exact) mass is 532 g/mol. The highest BCUT2D eigenvalue weighted by Gasteiger charge is 2.40. The van der Waals surface area contributed by atoms with Crippen LogP contribution in [0.1, 0.15) is 36.5 Å². The van der Waals surface area contributed by atoms with E-state index in [1.807, 2.05) is 12.1 Å². The number of rotatable bonds is 10. The summed E-state index contributed by atoms with van der Waals surface area (Å²) in [4.78, 5) is 15.2. The lowest BCUT2D eigenvalue weighted by Crippen LogP contribution is -2.37. The molecule has 7 nitrogen and oxygen atoms in total. The maximum Gasteiger partial charge on any atom is 0.387 e. The molecule has 2 fully saturated rings. The van der Waals surface area contributed by atoms with Gasteiger partial charge in [-0.05, 0) is 55.1 Å². The second-order valence-corrected chi connectivity index (χ2v) is 9.97. The number of ether oxygens (including phenoxy) is 3. The Kier molecular flexibility index (Phi) is 7.69. The lowest BCUT2D eigenvalue weighted by atomic mass is 10.0. The number of methoxy groups -OCH3 is 1. The Balaban J connectivity index is 1.37. The minimum absolute atomic E-state index is 0.0213. The first kappa shape index (κ1) is 26.2. The molecule has 204 valence electrons. The average Bonchev–Trinajstić information content (AvgIpc) is 3.40.